The maximum absolute atomic E-state index is 12.9. The lowest BCUT2D eigenvalue weighted by Crippen LogP contribution is -2.48. The molecule has 27 heavy (non-hydrogen) atoms. The minimum Gasteiger partial charge on any atom is -0.495 e. The Kier molecular flexibility index (Phi) is 6.63. The van der Waals surface area contributed by atoms with Gasteiger partial charge in [0.15, 0.2) is 0 Å². The maximum atomic E-state index is 12.9. The summed E-state index contributed by atoms with van der Waals surface area (Å²) < 4.78 is 11.4. The molecule has 5 nitrogen and oxygen atoms in total. The van der Waals surface area contributed by atoms with E-state index in [-0.39, 0.29) is 5.91 Å². The first-order valence-corrected chi connectivity index (χ1v) is 9.86. The number of carbonyl (C=O) groups excluding carboxylic acids is 1. The summed E-state index contributed by atoms with van der Waals surface area (Å²) in [6, 6.07) is 11.4. The van der Waals surface area contributed by atoms with E-state index in [1.54, 1.807) is 26.4 Å². The second-order valence-corrected chi connectivity index (χ2v) is 7.62. The summed E-state index contributed by atoms with van der Waals surface area (Å²) in [6.45, 7) is 3.90. The number of halogens is 2. The number of nitrogens with zero attached hydrogens (tertiary/aromatic N) is 2. The van der Waals surface area contributed by atoms with E-state index in [9.17, 15) is 4.79 Å². The lowest BCUT2D eigenvalue weighted by molar-refractivity contribution is 0.0627. The fraction of sp³-hybridized carbons (Fsp3) is 0.350. The first kappa shape index (κ1) is 20.0. The van der Waals surface area contributed by atoms with Crippen molar-refractivity contribution in [1.29, 1.82) is 0 Å². The van der Waals surface area contributed by atoms with E-state index in [1.165, 1.54) is 5.56 Å². The molecule has 0 saturated carbocycles. The van der Waals surface area contributed by atoms with Gasteiger partial charge in [0, 0.05) is 43.3 Å². The number of carbonyl (C=O) groups is 1. The molecule has 3 rings (SSSR count). The summed E-state index contributed by atoms with van der Waals surface area (Å²) in [5, 5.41) is 0.745. The molecule has 1 fully saturated rings. The number of hydrogen-bond donors (Lipinski definition) is 0. The Balaban J connectivity index is 1.64. The van der Waals surface area contributed by atoms with Crippen LogP contribution in [0.1, 0.15) is 15.9 Å². The molecule has 1 heterocycles. The van der Waals surface area contributed by atoms with Crippen LogP contribution in [0.4, 0.5) is 0 Å². The van der Waals surface area contributed by atoms with Gasteiger partial charge in [-0.1, -0.05) is 23.7 Å². The molecule has 1 amide bonds. The topological polar surface area (TPSA) is 42.0 Å². The Morgan fingerprint density at radius 2 is 1.59 bits per heavy atom. The molecule has 0 aromatic heterocycles. The third kappa shape index (κ3) is 4.75. The van der Waals surface area contributed by atoms with Crippen LogP contribution < -0.4 is 9.47 Å². The summed E-state index contributed by atoms with van der Waals surface area (Å²) in [5.74, 6) is 1.16. The highest BCUT2D eigenvalue weighted by Gasteiger charge is 2.24. The van der Waals surface area contributed by atoms with Crippen LogP contribution in [0.15, 0.2) is 40.9 Å². The molecule has 2 aromatic rings. The monoisotopic (exact) mass is 452 g/mol. The SMILES string of the molecule is COc1cc(C(=O)N2CCN(Cc3ccc(Cl)cc3)CC2)cc(OC)c1Br. The molecular formula is C20H22BrClN2O3. The summed E-state index contributed by atoms with van der Waals surface area (Å²) in [7, 11) is 3.15. The quantitative estimate of drug-likeness (QED) is 0.684. The van der Waals surface area contributed by atoms with Gasteiger partial charge in [-0.05, 0) is 45.8 Å². The highest BCUT2D eigenvalue weighted by atomic mass is 79.9. The number of rotatable bonds is 5. The third-order valence-electron chi connectivity index (χ3n) is 4.67. The fourth-order valence-electron chi connectivity index (χ4n) is 3.13. The zero-order valence-electron chi connectivity index (χ0n) is 15.4. The lowest BCUT2D eigenvalue weighted by atomic mass is 10.1. The van der Waals surface area contributed by atoms with Gasteiger partial charge in [0.25, 0.3) is 5.91 Å². The van der Waals surface area contributed by atoms with Crippen molar-refractivity contribution < 1.29 is 14.3 Å². The Morgan fingerprint density at radius 1 is 1.04 bits per heavy atom. The predicted molar refractivity (Wildman–Crippen MR) is 110 cm³/mol. The molecule has 0 bridgehead atoms. The van der Waals surface area contributed by atoms with E-state index in [0.717, 1.165) is 24.7 Å². The molecule has 1 aliphatic heterocycles. The van der Waals surface area contributed by atoms with Crippen LogP contribution in [0, 0.1) is 0 Å². The van der Waals surface area contributed by atoms with Gasteiger partial charge in [0.2, 0.25) is 0 Å². The van der Waals surface area contributed by atoms with Gasteiger partial charge in [0.05, 0.1) is 14.2 Å². The van der Waals surface area contributed by atoms with E-state index >= 15 is 0 Å². The fourth-order valence-corrected chi connectivity index (χ4v) is 3.81. The first-order chi connectivity index (χ1) is 13.0. The van der Waals surface area contributed by atoms with Gasteiger partial charge in [-0.15, -0.1) is 0 Å². The van der Waals surface area contributed by atoms with Crippen molar-refractivity contribution in [1.82, 2.24) is 9.80 Å². The largest absolute Gasteiger partial charge is 0.495 e. The van der Waals surface area contributed by atoms with Crippen LogP contribution in [0.25, 0.3) is 0 Å². The molecule has 0 atom stereocenters. The van der Waals surface area contributed by atoms with Crippen molar-refractivity contribution in [3.05, 3.63) is 57.0 Å². The van der Waals surface area contributed by atoms with Crippen molar-refractivity contribution in [2.75, 3.05) is 40.4 Å². The smallest absolute Gasteiger partial charge is 0.254 e. The summed E-state index contributed by atoms with van der Waals surface area (Å²) in [5.41, 5.74) is 1.79. The average molecular weight is 454 g/mol. The van der Waals surface area contributed by atoms with Gasteiger partial charge >= 0.3 is 0 Å². The minimum absolute atomic E-state index is 0.00903. The van der Waals surface area contributed by atoms with Gasteiger partial charge in [0.1, 0.15) is 16.0 Å². The number of amides is 1. The van der Waals surface area contributed by atoms with Crippen LogP contribution in [-0.2, 0) is 6.54 Å². The summed E-state index contributed by atoms with van der Waals surface area (Å²) >= 11 is 9.38. The molecule has 0 spiro atoms. The van der Waals surface area contributed by atoms with E-state index in [4.69, 9.17) is 21.1 Å². The van der Waals surface area contributed by atoms with Crippen LogP contribution >= 0.6 is 27.5 Å². The van der Waals surface area contributed by atoms with Crippen molar-refractivity contribution in [2.45, 2.75) is 6.54 Å². The molecular weight excluding hydrogens is 432 g/mol. The second-order valence-electron chi connectivity index (χ2n) is 6.39. The molecule has 0 radical (unpaired) electrons. The highest BCUT2D eigenvalue weighted by molar-refractivity contribution is 9.10. The van der Waals surface area contributed by atoms with Crippen molar-refractivity contribution >= 4 is 33.4 Å². The number of hydrogen-bond acceptors (Lipinski definition) is 4. The normalized spacial score (nSPS) is 14.9. The Hall–Kier alpha value is -1.76. The van der Waals surface area contributed by atoms with E-state index < -0.39 is 0 Å². The van der Waals surface area contributed by atoms with Crippen LogP contribution in [-0.4, -0.2) is 56.1 Å². The molecule has 0 aliphatic carbocycles. The van der Waals surface area contributed by atoms with Gasteiger partial charge in [-0.2, -0.15) is 0 Å². The summed E-state index contributed by atoms with van der Waals surface area (Å²) in [4.78, 5) is 17.1. The summed E-state index contributed by atoms with van der Waals surface area (Å²) in [6.07, 6.45) is 0. The standard InChI is InChI=1S/C20H22BrClN2O3/c1-26-17-11-15(12-18(27-2)19(17)21)20(25)24-9-7-23(8-10-24)13-14-3-5-16(22)6-4-14/h3-6,11-12H,7-10,13H2,1-2H3. The highest BCUT2D eigenvalue weighted by Crippen LogP contribution is 2.36. The molecule has 144 valence electrons. The third-order valence-corrected chi connectivity index (χ3v) is 5.71. The van der Waals surface area contributed by atoms with Crippen LogP contribution in [0.3, 0.4) is 0 Å². The van der Waals surface area contributed by atoms with Gasteiger partial charge in [-0.3, -0.25) is 9.69 Å². The van der Waals surface area contributed by atoms with Gasteiger partial charge in [-0.25, -0.2) is 0 Å². The molecule has 2 aromatic carbocycles. The molecule has 7 heteroatoms. The average Bonchev–Trinajstić information content (AvgIpc) is 2.70. The Bertz CT molecular complexity index is 780. The van der Waals surface area contributed by atoms with E-state index in [2.05, 4.69) is 20.8 Å². The molecule has 0 N–H and O–H groups in total. The zero-order valence-corrected chi connectivity index (χ0v) is 17.7. The Labute approximate surface area is 172 Å². The van der Waals surface area contributed by atoms with Crippen molar-refractivity contribution in [3.63, 3.8) is 0 Å². The Morgan fingerprint density at radius 3 is 2.11 bits per heavy atom. The number of methoxy groups -OCH3 is 2. The van der Waals surface area contributed by atoms with Crippen LogP contribution in [0.2, 0.25) is 5.02 Å². The number of ether oxygens (including phenoxy) is 2. The van der Waals surface area contributed by atoms with Crippen LogP contribution in [0.5, 0.6) is 11.5 Å². The molecule has 1 saturated heterocycles. The lowest BCUT2D eigenvalue weighted by Gasteiger charge is -2.35. The molecule has 0 unspecified atom stereocenters. The van der Waals surface area contributed by atoms with Crippen molar-refractivity contribution in [2.24, 2.45) is 0 Å². The number of piperazine rings is 1. The number of benzene rings is 2. The second kappa shape index (κ2) is 8.95. The van der Waals surface area contributed by atoms with E-state index in [1.807, 2.05) is 29.2 Å². The first-order valence-electron chi connectivity index (χ1n) is 8.69. The molecule has 1 aliphatic rings. The van der Waals surface area contributed by atoms with E-state index in [0.29, 0.717) is 34.6 Å². The zero-order chi connectivity index (χ0) is 19.4. The predicted octanol–water partition coefficient (Wildman–Crippen LogP) is 4.08. The van der Waals surface area contributed by atoms with Crippen molar-refractivity contribution in [3.8, 4) is 11.5 Å². The van der Waals surface area contributed by atoms with Gasteiger partial charge < -0.3 is 14.4 Å². The maximum Gasteiger partial charge on any atom is 0.254 e. The minimum atomic E-state index is -0.00903.